The number of primary amides is 1. The van der Waals surface area contributed by atoms with Crippen LogP contribution in [0.3, 0.4) is 0 Å². The number of anilines is 1. The number of rotatable bonds is 5. The van der Waals surface area contributed by atoms with Gasteiger partial charge in [-0.3, -0.25) is 14.4 Å². The van der Waals surface area contributed by atoms with E-state index in [2.05, 4.69) is 10.6 Å². The van der Waals surface area contributed by atoms with E-state index in [1.54, 1.807) is 7.11 Å². The third-order valence-electron chi connectivity index (χ3n) is 6.33. The van der Waals surface area contributed by atoms with Crippen molar-refractivity contribution in [1.82, 2.24) is 5.32 Å². The highest BCUT2D eigenvalue weighted by atomic mass is 16.5. The number of benzene rings is 1. The Morgan fingerprint density at radius 3 is 2.70 bits per heavy atom. The molecule has 2 fully saturated rings. The van der Waals surface area contributed by atoms with Crippen molar-refractivity contribution in [3.05, 3.63) is 23.8 Å². The normalized spacial score (nSPS) is 33.8. The van der Waals surface area contributed by atoms with E-state index in [-0.39, 0.29) is 11.7 Å². The topological polar surface area (TPSA) is 131 Å². The highest BCUT2D eigenvalue weighted by Gasteiger charge is 2.62. The molecule has 8 heteroatoms. The summed E-state index contributed by atoms with van der Waals surface area (Å²) in [5.74, 6) is -2.52. The van der Waals surface area contributed by atoms with E-state index in [0.29, 0.717) is 31.7 Å². The fourth-order valence-corrected chi connectivity index (χ4v) is 4.69. The van der Waals surface area contributed by atoms with Gasteiger partial charge in [0.25, 0.3) is 0 Å². The lowest BCUT2D eigenvalue weighted by atomic mass is 9.76. The molecule has 144 valence electrons. The average molecular weight is 373 g/mol. The highest BCUT2D eigenvalue weighted by molar-refractivity contribution is 5.97. The van der Waals surface area contributed by atoms with Gasteiger partial charge in [-0.25, -0.2) is 0 Å². The summed E-state index contributed by atoms with van der Waals surface area (Å²) in [6.45, 7) is 0.868. The second kappa shape index (κ2) is 6.23. The molecule has 1 saturated heterocycles. The maximum absolute atomic E-state index is 13.2. The molecule has 1 aromatic carbocycles. The van der Waals surface area contributed by atoms with E-state index in [1.165, 1.54) is 0 Å². The lowest BCUT2D eigenvalue weighted by Gasteiger charge is -2.36. The number of amides is 1. The van der Waals surface area contributed by atoms with Crippen molar-refractivity contribution in [3.63, 3.8) is 0 Å². The molecule has 0 radical (unpaired) electrons. The van der Waals surface area contributed by atoms with Crippen molar-refractivity contribution in [2.75, 3.05) is 25.5 Å². The Balaban J connectivity index is 1.56. The van der Waals surface area contributed by atoms with Gasteiger partial charge in [0, 0.05) is 24.7 Å². The van der Waals surface area contributed by atoms with Crippen LogP contribution in [-0.4, -0.2) is 49.0 Å². The molecule has 1 saturated carbocycles. The summed E-state index contributed by atoms with van der Waals surface area (Å²) in [5, 5.41) is 16.0. The number of piperidine rings is 1. The second-order valence-corrected chi connectivity index (χ2v) is 7.82. The molecule has 2 heterocycles. The van der Waals surface area contributed by atoms with Crippen LogP contribution in [0.4, 0.5) is 5.69 Å². The SMILES string of the molecule is COc1ccc2c(c1)C(C(=O)C1NCC3(CC1C(=O)O)CC3C(N)=O)CN2. The zero-order valence-corrected chi connectivity index (χ0v) is 15.0. The molecule has 0 aromatic heterocycles. The third kappa shape index (κ3) is 2.84. The highest BCUT2D eigenvalue weighted by Crippen LogP contribution is 2.58. The summed E-state index contributed by atoms with van der Waals surface area (Å²) in [6.07, 6.45) is 0.884. The van der Waals surface area contributed by atoms with Crippen molar-refractivity contribution < 1.29 is 24.2 Å². The van der Waals surface area contributed by atoms with Gasteiger partial charge in [-0.15, -0.1) is 0 Å². The van der Waals surface area contributed by atoms with Gasteiger partial charge in [-0.05, 0) is 42.0 Å². The number of methoxy groups -OCH3 is 1. The van der Waals surface area contributed by atoms with Crippen LogP contribution in [0.15, 0.2) is 18.2 Å². The van der Waals surface area contributed by atoms with E-state index in [0.717, 1.165) is 11.3 Å². The number of carboxylic acids is 1. The van der Waals surface area contributed by atoms with Gasteiger partial charge in [-0.2, -0.15) is 0 Å². The maximum atomic E-state index is 13.2. The zero-order valence-electron chi connectivity index (χ0n) is 15.0. The standard InChI is InChI=1S/C19H23N3O5/c1-27-9-2-3-14-10(4-9)12(7-21-14)16(23)15-11(18(25)26)5-19(8-22-15)6-13(19)17(20)24/h2-4,11-13,15,21-22H,5-8H2,1H3,(H2,20,24)(H,25,26). The predicted octanol–water partition coefficient (Wildman–Crippen LogP) is 0.328. The molecule has 27 heavy (non-hydrogen) atoms. The number of carbonyl (C=O) groups is 3. The fourth-order valence-electron chi connectivity index (χ4n) is 4.69. The van der Waals surface area contributed by atoms with Crippen molar-refractivity contribution in [2.45, 2.75) is 24.8 Å². The Morgan fingerprint density at radius 2 is 2.07 bits per heavy atom. The van der Waals surface area contributed by atoms with Crippen LogP contribution < -0.4 is 21.1 Å². The van der Waals surface area contributed by atoms with E-state index < -0.39 is 35.2 Å². The van der Waals surface area contributed by atoms with Crippen LogP contribution >= 0.6 is 0 Å². The number of Topliss-reactive ketones (excluding diaryl/α,β-unsaturated/α-hetero) is 1. The molecule has 5 N–H and O–H groups in total. The van der Waals surface area contributed by atoms with Gasteiger partial charge in [-0.1, -0.05) is 0 Å². The second-order valence-electron chi connectivity index (χ2n) is 7.82. The number of aliphatic carboxylic acids is 1. The van der Waals surface area contributed by atoms with Crippen LogP contribution in [0.1, 0.15) is 24.3 Å². The lowest BCUT2D eigenvalue weighted by molar-refractivity contribution is -0.148. The van der Waals surface area contributed by atoms with Gasteiger partial charge < -0.3 is 26.2 Å². The number of nitrogens with two attached hydrogens (primary N) is 1. The van der Waals surface area contributed by atoms with Crippen molar-refractivity contribution in [1.29, 1.82) is 0 Å². The molecule has 2 aliphatic heterocycles. The van der Waals surface area contributed by atoms with E-state index >= 15 is 0 Å². The number of carboxylic acid groups (broad SMARTS) is 1. The van der Waals surface area contributed by atoms with Crippen LogP contribution in [0.25, 0.3) is 0 Å². The van der Waals surface area contributed by atoms with Gasteiger partial charge in [0.05, 0.1) is 25.0 Å². The molecule has 1 aromatic rings. The minimum atomic E-state index is -1.02. The Labute approximate surface area is 156 Å². The van der Waals surface area contributed by atoms with Crippen molar-refractivity contribution >= 4 is 23.3 Å². The molecule has 0 bridgehead atoms. The summed E-state index contributed by atoms with van der Waals surface area (Å²) in [4.78, 5) is 36.6. The largest absolute Gasteiger partial charge is 0.497 e. The monoisotopic (exact) mass is 373 g/mol. The molecule has 3 aliphatic rings. The average Bonchev–Trinajstić information content (AvgIpc) is 3.19. The number of hydrogen-bond acceptors (Lipinski definition) is 6. The molecule has 1 amide bonds. The summed E-state index contributed by atoms with van der Waals surface area (Å²) >= 11 is 0. The molecule has 5 unspecified atom stereocenters. The molecule has 8 nitrogen and oxygen atoms in total. The van der Waals surface area contributed by atoms with Crippen molar-refractivity contribution in [3.8, 4) is 5.75 Å². The Bertz CT molecular complexity index is 826. The smallest absolute Gasteiger partial charge is 0.308 e. The van der Waals surface area contributed by atoms with Crippen LogP contribution in [0.2, 0.25) is 0 Å². The number of carbonyl (C=O) groups excluding carboxylic acids is 2. The Morgan fingerprint density at radius 1 is 1.30 bits per heavy atom. The molecular formula is C19H23N3O5. The molecule has 1 aliphatic carbocycles. The first-order chi connectivity index (χ1) is 12.9. The predicted molar refractivity (Wildman–Crippen MR) is 96.5 cm³/mol. The fraction of sp³-hybridized carbons (Fsp3) is 0.526. The van der Waals surface area contributed by atoms with Gasteiger partial charge in [0.1, 0.15) is 5.75 Å². The summed E-state index contributed by atoms with van der Waals surface area (Å²) in [6, 6.07) is 4.72. The number of ketones is 1. The molecule has 5 atom stereocenters. The van der Waals surface area contributed by atoms with Crippen LogP contribution in [0.5, 0.6) is 5.75 Å². The van der Waals surface area contributed by atoms with E-state index in [4.69, 9.17) is 10.5 Å². The van der Waals surface area contributed by atoms with Crippen LogP contribution in [0, 0.1) is 17.3 Å². The minimum Gasteiger partial charge on any atom is -0.497 e. The number of hydrogen-bond donors (Lipinski definition) is 4. The number of nitrogens with one attached hydrogen (secondary N) is 2. The maximum Gasteiger partial charge on any atom is 0.308 e. The summed E-state index contributed by atoms with van der Waals surface area (Å²) in [7, 11) is 1.56. The minimum absolute atomic E-state index is 0.145. The lowest BCUT2D eigenvalue weighted by Crippen LogP contribution is -2.55. The first-order valence-electron chi connectivity index (χ1n) is 9.07. The van der Waals surface area contributed by atoms with Crippen molar-refractivity contribution in [2.24, 2.45) is 23.0 Å². The summed E-state index contributed by atoms with van der Waals surface area (Å²) in [5.41, 5.74) is 6.67. The number of fused-ring (bicyclic) bond motifs is 1. The first kappa shape index (κ1) is 17.8. The summed E-state index contributed by atoms with van der Waals surface area (Å²) < 4.78 is 5.25. The van der Waals surface area contributed by atoms with Crippen LogP contribution in [-0.2, 0) is 14.4 Å². The number of ether oxygens (including phenoxy) is 1. The third-order valence-corrected chi connectivity index (χ3v) is 6.33. The molecule has 1 spiro atoms. The molecule has 4 rings (SSSR count). The van der Waals surface area contributed by atoms with E-state index in [1.807, 2.05) is 18.2 Å². The molecular weight excluding hydrogens is 350 g/mol. The van der Waals surface area contributed by atoms with Gasteiger partial charge >= 0.3 is 5.97 Å². The van der Waals surface area contributed by atoms with E-state index in [9.17, 15) is 19.5 Å². The van der Waals surface area contributed by atoms with Gasteiger partial charge in [0.15, 0.2) is 5.78 Å². The Hall–Kier alpha value is -2.61. The Kier molecular flexibility index (Phi) is 4.10. The van der Waals surface area contributed by atoms with Gasteiger partial charge in [0.2, 0.25) is 5.91 Å². The zero-order chi connectivity index (χ0) is 19.3. The first-order valence-corrected chi connectivity index (χ1v) is 9.07. The quantitative estimate of drug-likeness (QED) is 0.585.